The Labute approximate surface area is 111 Å². The highest BCUT2D eigenvalue weighted by Gasteiger charge is 2.16. The number of halogens is 1. The van der Waals surface area contributed by atoms with E-state index >= 15 is 0 Å². The first-order valence-corrected chi connectivity index (χ1v) is 6.29. The average molecular weight is 271 g/mol. The summed E-state index contributed by atoms with van der Waals surface area (Å²) >= 11 is 1.52. The third kappa shape index (κ3) is 2.00. The molecule has 92 valence electrons. The molecule has 6 heteroatoms. The number of hydrogen-bond acceptors (Lipinski definition) is 5. The van der Waals surface area contributed by atoms with Gasteiger partial charge in [0.25, 0.3) is 5.89 Å². The number of hydrogen-bond donors (Lipinski definition) is 0. The predicted octanol–water partition coefficient (Wildman–Crippen LogP) is 3.48. The second kappa shape index (κ2) is 4.63. The first-order valence-electron chi connectivity index (χ1n) is 5.35. The van der Waals surface area contributed by atoms with E-state index < -0.39 is 5.82 Å². The van der Waals surface area contributed by atoms with Crippen molar-refractivity contribution in [3.05, 3.63) is 46.4 Å². The second-order valence-electron chi connectivity index (χ2n) is 3.71. The fourth-order valence-corrected chi connectivity index (χ4v) is 2.29. The molecular weight excluding hydrogens is 265 g/mol. The number of benzene rings is 1. The summed E-state index contributed by atoms with van der Waals surface area (Å²) in [6, 6.07) is 7.96. The summed E-state index contributed by atoms with van der Waals surface area (Å²) in [5.41, 5.74) is 1.04. The monoisotopic (exact) mass is 271 g/mol. The van der Waals surface area contributed by atoms with Gasteiger partial charge in [0, 0.05) is 10.9 Å². The molecule has 0 bridgehead atoms. The van der Waals surface area contributed by atoms with Crippen molar-refractivity contribution < 1.29 is 8.91 Å². The molecule has 19 heavy (non-hydrogen) atoms. The van der Waals surface area contributed by atoms with Crippen LogP contribution in [0.4, 0.5) is 4.39 Å². The van der Waals surface area contributed by atoms with E-state index in [9.17, 15) is 4.39 Å². The minimum atomic E-state index is -0.602. The van der Waals surface area contributed by atoms with E-state index in [4.69, 9.17) is 9.78 Å². The normalized spacial score (nSPS) is 10.3. The maximum Gasteiger partial charge on any atom is 0.259 e. The molecule has 0 aliphatic heterocycles. The van der Waals surface area contributed by atoms with Crippen LogP contribution in [0, 0.1) is 17.1 Å². The van der Waals surface area contributed by atoms with Crippen molar-refractivity contribution >= 4 is 11.3 Å². The van der Waals surface area contributed by atoms with Crippen LogP contribution in [-0.2, 0) is 0 Å². The molecule has 0 saturated heterocycles. The van der Waals surface area contributed by atoms with Crippen LogP contribution in [0.1, 0.15) is 5.56 Å². The highest BCUT2D eigenvalue weighted by Crippen LogP contribution is 2.26. The Bertz CT molecular complexity index is 759. The van der Waals surface area contributed by atoms with E-state index in [1.165, 1.54) is 23.5 Å². The molecule has 0 unspecified atom stereocenters. The number of aromatic nitrogens is 2. The fourth-order valence-electron chi connectivity index (χ4n) is 1.66. The van der Waals surface area contributed by atoms with Gasteiger partial charge in [0.2, 0.25) is 5.82 Å². The Hall–Kier alpha value is -2.52. The Morgan fingerprint density at radius 1 is 1.32 bits per heavy atom. The van der Waals surface area contributed by atoms with Crippen molar-refractivity contribution in [3.8, 4) is 28.9 Å². The van der Waals surface area contributed by atoms with Gasteiger partial charge in [-0.15, -0.1) is 0 Å². The predicted molar refractivity (Wildman–Crippen MR) is 67.7 cm³/mol. The van der Waals surface area contributed by atoms with Crippen molar-refractivity contribution in [2.75, 3.05) is 0 Å². The van der Waals surface area contributed by atoms with Crippen LogP contribution in [0.2, 0.25) is 0 Å². The number of rotatable bonds is 2. The van der Waals surface area contributed by atoms with E-state index in [0.717, 1.165) is 5.56 Å². The van der Waals surface area contributed by atoms with Crippen molar-refractivity contribution in [1.29, 1.82) is 5.26 Å². The largest absolute Gasteiger partial charge is 0.334 e. The number of thiophene rings is 1. The fraction of sp³-hybridized carbons (Fsp3) is 0. The average Bonchev–Trinajstić information content (AvgIpc) is 3.09. The van der Waals surface area contributed by atoms with Gasteiger partial charge in [0.05, 0.1) is 5.56 Å². The smallest absolute Gasteiger partial charge is 0.259 e. The summed E-state index contributed by atoms with van der Waals surface area (Å²) in [6.45, 7) is 0. The minimum Gasteiger partial charge on any atom is -0.334 e. The molecule has 2 aromatic heterocycles. The summed E-state index contributed by atoms with van der Waals surface area (Å²) in [5, 5.41) is 16.6. The molecule has 0 amide bonds. The quantitative estimate of drug-likeness (QED) is 0.715. The number of nitriles is 1. The summed E-state index contributed by atoms with van der Waals surface area (Å²) < 4.78 is 18.6. The Kier molecular flexibility index (Phi) is 2.82. The first kappa shape index (κ1) is 11.6. The zero-order valence-corrected chi connectivity index (χ0v) is 10.3. The first-order chi connectivity index (χ1) is 9.29. The molecule has 4 nitrogen and oxygen atoms in total. The van der Waals surface area contributed by atoms with E-state index in [1.807, 2.05) is 16.8 Å². The Morgan fingerprint density at radius 2 is 2.21 bits per heavy atom. The van der Waals surface area contributed by atoms with Crippen molar-refractivity contribution in [3.63, 3.8) is 0 Å². The molecule has 0 N–H and O–H groups in total. The molecule has 0 radical (unpaired) electrons. The van der Waals surface area contributed by atoms with Gasteiger partial charge in [-0.05, 0) is 23.6 Å². The van der Waals surface area contributed by atoms with Crippen LogP contribution in [0.5, 0.6) is 0 Å². The topological polar surface area (TPSA) is 62.7 Å². The molecule has 0 saturated carbocycles. The van der Waals surface area contributed by atoms with Gasteiger partial charge in [-0.25, -0.2) is 4.39 Å². The van der Waals surface area contributed by atoms with Crippen LogP contribution in [0.15, 0.2) is 39.5 Å². The SMILES string of the molecule is N#Cc1c(F)cccc1-c1nc(-c2ccsc2)no1. The second-order valence-corrected chi connectivity index (χ2v) is 4.49. The van der Waals surface area contributed by atoms with E-state index in [2.05, 4.69) is 10.1 Å². The standard InChI is InChI=1S/C13H6FN3OS/c14-11-3-1-2-9(10(11)6-15)13-16-12(17-18-13)8-4-5-19-7-8/h1-5,7H. The van der Waals surface area contributed by atoms with Crippen LogP contribution in [0.3, 0.4) is 0 Å². The molecule has 3 aromatic rings. The van der Waals surface area contributed by atoms with Crippen LogP contribution >= 0.6 is 11.3 Å². The molecule has 0 atom stereocenters. The number of nitrogens with zero attached hydrogens (tertiary/aromatic N) is 3. The lowest BCUT2D eigenvalue weighted by molar-refractivity contribution is 0.432. The third-order valence-electron chi connectivity index (χ3n) is 2.56. The molecular formula is C13H6FN3OS. The van der Waals surface area contributed by atoms with Crippen LogP contribution in [-0.4, -0.2) is 10.1 Å². The minimum absolute atomic E-state index is 0.0944. The lowest BCUT2D eigenvalue weighted by Gasteiger charge is -1.98. The van der Waals surface area contributed by atoms with Gasteiger partial charge in [-0.2, -0.15) is 21.6 Å². The van der Waals surface area contributed by atoms with Crippen LogP contribution in [0.25, 0.3) is 22.8 Å². The van der Waals surface area contributed by atoms with Gasteiger partial charge in [-0.1, -0.05) is 11.2 Å². The maximum absolute atomic E-state index is 13.5. The Balaban J connectivity index is 2.10. The molecule has 0 aliphatic rings. The van der Waals surface area contributed by atoms with Gasteiger partial charge >= 0.3 is 0 Å². The summed E-state index contributed by atoms with van der Waals surface area (Å²) in [7, 11) is 0. The molecule has 0 fully saturated rings. The van der Waals surface area contributed by atoms with Crippen molar-refractivity contribution in [2.45, 2.75) is 0 Å². The molecule has 0 spiro atoms. The van der Waals surface area contributed by atoms with Crippen molar-refractivity contribution in [1.82, 2.24) is 10.1 Å². The van der Waals surface area contributed by atoms with E-state index in [0.29, 0.717) is 11.4 Å². The summed E-state index contributed by atoms with van der Waals surface area (Å²) in [5.74, 6) is -0.0445. The lowest BCUT2D eigenvalue weighted by Crippen LogP contribution is -1.89. The van der Waals surface area contributed by atoms with E-state index in [-0.39, 0.29) is 11.5 Å². The highest BCUT2D eigenvalue weighted by molar-refractivity contribution is 7.08. The lowest BCUT2D eigenvalue weighted by atomic mass is 10.1. The van der Waals surface area contributed by atoms with Gasteiger partial charge < -0.3 is 4.52 Å². The summed E-state index contributed by atoms with van der Waals surface area (Å²) in [6.07, 6.45) is 0. The molecule has 0 aliphatic carbocycles. The summed E-state index contributed by atoms with van der Waals surface area (Å²) in [4.78, 5) is 4.18. The molecule has 2 heterocycles. The van der Waals surface area contributed by atoms with Gasteiger partial charge in [-0.3, -0.25) is 0 Å². The van der Waals surface area contributed by atoms with Crippen LogP contribution < -0.4 is 0 Å². The van der Waals surface area contributed by atoms with Gasteiger partial charge in [0.1, 0.15) is 17.4 Å². The van der Waals surface area contributed by atoms with Gasteiger partial charge in [0.15, 0.2) is 0 Å². The van der Waals surface area contributed by atoms with Crippen molar-refractivity contribution in [2.24, 2.45) is 0 Å². The molecule has 3 rings (SSSR count). The maximum atomic E-state index is 13.5. The Morgan fingerprint density at radius 3 is 2.95 bits per heavy atom. The zero-order chi connectivity index (χ0) is 13.2. The molecule has 1 aromatic carbocycles. The zero-order valence-electron chi connectivity index (χ0n) is 9.50. The van der Waals surface area contributed by atoms with E-state index in [1.54, 1.807) is 12.1 Å². The highest BCUT2D eigenvalue weighted by atomic mass is 32.1. The third-order valence-corrected chi connectivity index (χ3v) is 3.24.